The summed E-state index contributed by atoms with van der Waals surface area (Å²) < 4.78 is 5.29. The molecule has 0 spiro atoms. The van der Waals surface area contributed by atoms with Crippen molar-refractivity contribution >= 4 is 17.9 Å². The highest BCUT2D eigenvalue weighted by Crippen LogP contribution is 2.22. The second-order valence-electron chi connectivity index (χ2n) is 7.47. The van der Waals surface area contributed by atoms with Crippen LogP contribution in [0.4, 0.5) is 16.6 Å². The Morgan fingerprint density at radius 3 is 2.45 bits per heavy atom. The van der Waals surface area contributed by atoms with E-state index in [0.717, 1.165) is 31.5 Å². The number of rotatable bonds is 8. The Bertz CT molecular complexity index is 785. The molecule has 0 atom stereocenters. The van der Waals surface area contributed by atoms with E-state index in [4.69, 9.17) is 4.74 Å². The summed E-state index contributed by atoms with van der Waals surface area (Å²) in [6.07, 6.45) is 9.39. The van der Waals surface area contributed by atoms with Crippen LogP contribution >= 0.6 is 0 Å². The monoisotopic (exact) mass is 429 g/mol. The average molecular weight is 430 g/mol. The summed E-state index contributed by atoms with van der Waals surface area (Å²) >= 11 is 0. The molecule has 3 rings (SSSR count). The van der Waals surface area contributed by atoms with Crippen molar-refractivity contribution in [2.75, 3.05) is 17.2 Å². The summed E-state index contributed by atoms with van der Waals surface area (Å²) in [6, 6.07) is 11.3. The number of hydrogen-bond donors (Lipinski definition) is 3. The number of hydrogen-bond acceptors (Lipinski definition) is 6. The topological polar surface area (TPSA) is 88.2 Å². The summed E-state index contributed by atoms with van der Waals surface area (Å²) in [6.45, 7) is 8.70. The Labute approximate surface area is 188 Å². The lowest BCUT2D eigenvalue weighted by atomic mass is 9.91. The molecule has 7 nitrogen and oxygen atoms in total. The molecule has 1 fully saturated rings. The van der Waals surface area contributed by atoms with Crippen molar-refractivity contribution in [2.45, 2.75) is 64.5 Å². The van der Waals surface area contributed by atoms with Gasteiger partial charge >= 0.3 is 6.09 Å². The minimum Gasteiger partial charge on any atom is -0.410 e. The third kappa shape index (κ3) is 9.51. The van der Waals surface area contributed by atoms with Crippen LogP contribution in [0.5, 0.6) is 5.75 Å². The SMILES string of the molecule is C=CCNc1ccnc(NC2CCC(NC(=O)Oc3ccccc3)CC2)n1.CCCC.[HH].[HH]. The van der Waals surface area contributed by atoms with Gasteiger partial charge in [-0.25, -0.2) is 9.78 Å². The predicted octanol–water partition coefficient (Wildman–Crippen LogP) is 5.88. The molecule has 0 aliphatic heterocycles. The smallest absolute Gasteiger partial charge is 0.410 e. The molecule has 1 amide bonds. The summed E-state index contributed by atoms with van der Waals surface area (Å²) in [5.74, 6) is 1.93. The molecule has 2 aromatic rings. The molecule has 0 unspecified atom stereocenters. The zero-order valence-corrected chi connectivity index (χ0v) is 18.6. The molecule has 3 N–H and O–H groups in total. The molecule has 172 valence electrons. The Morgan fingerprint density at radius 2 is 1.81 bits per heavy atom. The lowest BCUT2D eigenvalue weighted by molar-refractivity contribution is 0.191. The van der Waals surface area contributed by atoms with Crippen molar-refractivity contribution in [3.63, 3.8) is 0 Å². The van der Waals surface area contributed by atoms with Crippen LogP contribution < -0.4 is 20.7 Å². The standard InChI is InChI=1S/C20H25N5O2.C4H10.2H2/c1-2-13-21-18-12-14-22-19(25-18)23-15-8-10-16(11-9-15)24-20(26)27-17-6-4-3-5-7-17;1-3-4-2;;/h2-7,12,14-16H,1,8-11,13H2,(H,24,26)(H2,21,22,23,25);3-4H2,1-2H3;2*1H. The summed E-state index contributed by atoms with van der Waals surface area (Å²) in [5, 5.41) is 9.47. The van der Waals surface area contributed by atoms with Crippen LogP contribution in [0.1, 0.15) is 55.2 Å². The van der Waals surface area contributed by atoms with E-state index >= 15 is 0 Å². The van der Waals surface area contributed by atoms with Gasteiger partial charge in [-0.3, -0.25) is 0 Å². The lowest BCUT2D eigenvalue weighted by Crippen LogP contribution is -2.41. The van der Waals surface area contributed by atoms with E-state index < -0.39 is 6.09 Å². The molecule has 0 bridgehead atoms. The van der Waals surface area contributed by atoms with E-state index in [1.807, 2.05) is 24.3 Å². The molecule has 1 aromatic carbocycles. The van der Waals surface area contributed by atoms with Gasteiger partial charge in [-0.15, -0.1) is 6.58 Å². The van der Waals surface area contributed by atoms with E-state index in [9.17, 15) is 4.79 Å². The number of anilines is 2. The average Bonchev–Trinajstić information content (AvgIpc) is 2.80. The number of nitrogens with zero attached hydrogens (tertiary/aromatic N) is 2. The maximum absolute atomic E-state index is 12.0. The number of carbonyl (C=O) groups is 1. The van der Waals surface area contributed by atoms with Gasteiger partial charge in [0.2, 0.25) is 5.95 Å². The number of unbranched alkanes of at least 4 members (excludes halogenated alkanes) is 1. The minimum absolute atomic E-state index is 0. The fraction of sp³-hybridized carbons (Fsp3) is 0.458. The first kappa shape index (κ1) is 24.2. The van der Waals surface area contributed by atoms with Gasteiger partial charge < -0.3 is 20.7 Å². The van der Waals surface area contributed by atoms with Gasteiger partial charge in [0.05, 0.1) is 0 Å². The minimum atomic E-state index is -0.401. The van der Waals surface area contributed by atoms with E-state index in [1.54, 1.807) is 24.4 Å². The first-order valence-corrected chi connectivity index (χ1v) is 11.1. The van der Waals surface area contributed by atoms with E-state index in [2.05, 4.69) is 46.3 Å². The summed E-state index contributed by atoms with van der Waals surface area (Å²) in [5.41, 5.74) is 0. The van der Waals surface area contributed by atoms with Crippen LogP contribution in [0.15, 0.2) is 55.3 Å². The fourth-order valence-electron chi connectivity index (χ4n) is 3.06. The van der Waals surface area contributed by atoms with Crippen molar-refractivity contribution in [3.8, 4) is 5.75 Å². The summed E-state index contributed by atoms with van der Waals surface area (Å²) in [4.78, 5) is 20.7. The molecule has 0 radical (unpaired) electrons. The van der Waals surface area contributed by atoms with Crippen molar-refractivity contribution in [2.24, 2.45) is 0 Å². The van der Waals surface area contributed by atoms with Crippen molar-refractivity contribution < 1.29 is 12.4 Å². The second-order valence-corrected chi connectivity index (χ2v) is 7.47. The van der Waals surface area contributed by atoms with Gasteiger partial charge in [0.1, 0.15) is 11.6 Å². The van der Waals surface area contributed by atoms with Crippen molar-refractivity contribution in [1.82, 2.24) is 15.3 Å². The van der Waals surface area contributed by atoms with Crippen molar-refractivity contribution in [3.05, 3.63) is 55.3 Å². The largest absolute Gasteiger partial charge is 0.412 e. The maximum Gasteiger partial charge on any atom is 0.412 e. The van der Waals surface area contributed by atoms with Gasteiger partial charge in [-0.2, -0.15) is 4.98 Å². The highest BCUT2D eigenvalue weighted by Gasteiger charge is 2.23. The van der Waals surface area contributed by atoms with E-state index in [-0.39, 0.29) is 8.90 Å². The zero-order chi connectivity index (χ0) is 22.3. The Hall–Kier alpha value is -3.09. The van der Waals surface area contributed by atoms with Crippen LogP contribution in [0.25, 0.3) is 0 Å². The van der Waals surface area contributed by atoms with E-state index in [1.165, 1.54) is 12.8 Å². The van der Waals surface area contributed by atoms with Gasteiger partial charge in [0.15, 0.2) is 0 Å². The lowest BCUT2D eigenvalue weighted by Gasteiger charge is -2.29. The number of carbonyl (C=O) groups excluding carboxylic acids is 1. The molecular formula is C24H39N5O2. The molecule has 1 aromatic heterocycles. The normalized spacial score (nSPS) is 17.5. The third-order valence-electron chi connectivity index (χ3n) is 4.92. The quantitative estimate of drug-likeness (QED) is 0.454. The molecule has 0 saturated heterocycles. The first-order valence-electron chi connectivity index (χ1n) is 11.1. The molecule has 1 saturated carbocycles. The predicted molar refractivity (Wildman–Crippen MR) is 131 cm³/mol. The van der Waals surface area contributed by atoms with E-state index in [0.29, 0.717) is 24.3 Å². The van der Waals surface area contributed by atoms with Gasteiger partial charge in [-0.05, 0) is 43.9 Å². The molecular weight excluding hydrogens is 390 g/mol. The van der Waals surface area contributed by atoms with Crippen LogP contribution in [0, 0.1) is 0 Å². The summed E-state index contributed by atoms with van der Waals surface area (Å²) in [7, 11) is 0. The Morgan fingerprint density at radius 1 is 1.13 bits per heavy atom. The Kier molecular flexibility index (Phi) is 10.9. The Balaban J connectivity index is 0.00000158. The van der Waals surface area contributed by atoms with Crippen LogP contribution in [-0.2, 0) is 0 Å². The second kappa shape index (κ2) is 14.0. The van der Waals surface area contributed by atoms with Crippen LogP contribution in [0.2, 0.25) is 0 Å². The zero-order valence-electron chi connectivity index (χ0n) is 18.6. The first-order chi connectivity index (χ1) is 15.1. The molecule has 1 aliphatic carbocycles. The number of para-hydroxylation sites is 1. The number of ether oxygens (including phenoxy) is 1. The number of benzene rings is 1. The molecule has 31 heavy (non-hydrogen) atoms. The molecule has 7 heteroatoms. The van der Waals surface area contributed by atoms with Crippen LogP contribution in [0.3, 0.4) is 0 Å². The van der Waals surface area contributed by atoms with Gasteiger partial charge in [0, 0.05) is 27.7 Å². The fourth-order valence-corrected chi connectivity index (χ4v) is 3.06. The van der Waals surface area contributed by atoms with Crippen LogP contribution in [-0.4, -0.2) is 34.7 Å². The molecule has 1 heterocycles. The van der Waals surface area contributed by atoms with Gasteiger partial charge in [-0.1, -0.05) is 51.0 Å². The third-order valence-corrected chi connectivity index (χ3v) is 4.92. The highest BCUT2D eigenvalue weighted by molar-refractivity contribution is 5.70. The maximum atomic E-state index is 12.0. The van der Waals surface area contributed by atoms with Crippen molar-refractivity contribution in [1.29, 1.82) is 0 Å². The van der Waals surface area contributed by atoms with Gasteiger partial charge in [0.25, 0.3) is 0 Å². The number of nitrogens with one attached hydrogen (secondary N) is 3. The number of aromatic nitrogens is 2. The number of amides is 1. The molecule has 1 aliphatic rings. The highest BCUT2D eigenvalue weighted by atomic mass is 16.6.